The number of rotatable bonds is 7. The van der Waals surface area contributed by atoms with Crippen molar-refractivity contribution in [3.8, 4) is 5.75 Å². The molecule has 0 atom stereocenters. The SMILES string of the molecule is CN=C(NCCOc1ccccc1Cl)NCc1ccc(N2CCCC2=O)cc1.I. The fraction of sp³-hybridized carbons (Fsp3) is 0.333. The molecule has 0 aliphatic carbocycles. The standard InChI is InChI=1S/C21H25ClN4O2.HI/c1-23-21(24-12-14-28-19-6-3-2-5-18(19)22)25-15-16-8-10-17(11-9-16)26-13-4-7-20(26)27;/h2-3,5-6,8-11H,4,7,12-15H2,1H3,(H2,23,24,25);1H. The van der Waals surface area contributed by atoms with E-state index in [2.05, 4.69) is 15.6 Å². The largest absolute Gasteiger partial charge is 0.490 e. The van der Waals surface area contributed by atoms with E-state index < -0.39 is 0 Å². The Balaban J connectivity index is 0.00000300. The summed E-state index contributed by atoms with van der Waals surface area (Å²) in [6.07, 6.45) is 1.58. The second-order valence-corrected chi connectivity index (χ2v) is 6.85. The molecule has 0 bridgehead atoms. The number of halogens is 2. The summed E-state index contributed by atoms with van der Waals surface area (Å²) >= 11 is 6.07. The van der Waals surface area contributed by atoms with Crippen molar-refractivity contribution in [3.05, 3.63) is 59.1 Å². The summed E-state index contributed by atoms with van der Waals surface area (Å²) in [5.74, 6) is 1.57. The number of para-hydroxylation sites is 1. The van der Waals surface area contributed by atoms with Crippen LogP contribution in [-0.4, -0.2) is 38.6 Å². The fourth-order valence-electron chi connectivity index (χ4n) is 3.01. The predicted octanol–water partition coefficient (Wildman–Crippen LogP) is 3.83. The van der Waals surface area contributed by atoms with Crippen LogP contribution in [0.15, 0.2) is 53.5 Å². The van der Waals surface area contributed by atoms with Crippen LogP contribution in [0.1, 0.15) is 18.4 Å². The van der Waals surface area contributed by atoms with E-state index in [1.165, 1.54) is 0 Å². The lowest BCUT2D eigenvalue weighted by molar-refractivity contribution is -0.117. The second kappa shape index (κ2) is 11.9. The van der Waals surface area contributed by atoms with E-state index in [9.17, 15) is 4.79 Å². The van der Waals surface area contributed by atoms with Crippen LogP contribution < -0.4 is 20.3 Å². The predicted molar refractivity (Wildman–Crippen MR) is 129 cm³/mol. The highest BCUT2D eigenvalue weighted by atomic mass is 127. The molecule has 2 N–H and O–H groups in total. The lowest BCUT2D eigenvalue weighted by atomic mass is 10.2. The molecule has 1 fully saturated rings. The Hall–Kier alpha value is -2.00. The van der Waals surface area contributed by atoms with Crippen molar-refractivity contribution >= 4 is 53.1 Å². The number of anilines is 1. The molecule has 1 aliphatic rings. The highest BCUT2D eigenvalue weighted by Crippen LogP contribution is 2.23. The van der Waals surface area contributed by atoms with Gasteiger partial charge in [-0.3, -0.25) is 9.79 Å². The number of hydrogen-bond acceptors (Lipinski definition) is 3. The molecular weight excluding hydrogens is 503 g/mol. The number of hydrogen-bond donors (Lipinski definition) is 2. The fourth-order valence-corrected chi connectivity index (χ4v) is 3.20. The van der Waals surface area contributed by atoms with E-state index in [1.54, 1.807) is 13.1 Å². The van der Waals surface area contributed by atoms with Gasteiger partial charge in [0.25, 0.3) is 0 Å². The summed E-state index contributed by atoms with van der Waals surface area (Å²) < 4.78 is 5.66. The molecule has 1 saturated heterocycles. The summed E-state index contributed by atoms with van der Waals surface area (Å²) in [6, 6.07) is 15.4. The lowest BCUT2D eigenvalue weighted by Gasteiger charge is -2.16. The highest BCUT2D eigenvalue weighted by molar-refractivity contribution is 14.0. The molecule has 29 heavy (non-hydrogen) atoms. The normalized spacial score (nSPS) is 13.8. The monoisotopic (exact) mass is 528 g/mol. The van der Waals surface area contributed by atoms with E-state index in [0.717, 1.165) is 24.2 Å². The van der Waals surface area contributed by atoms with E-state index in [4.69, 9.17) is 16.3 Å². The maximum Gasteiger partial charge on any atom is 0.227 e. The minimum absolute atomic E-state index is 0. The third-order valence-electron chi connectivity index (χ3n) is 4.49. The van der Waals surface area contributed by atoms with Crippen LogP contribution in [0.3, 0.4) is 0 Å². The first-order chi connectivity index (χ1) is 13.7. The van der Waals surface area contributed by atoms with Gasteiger partial charge in [0.2, 0.25) is 5.91 Å². The number of nitrogens with zero attached hydrogens (tertiary/aromatic N) is 2. The van der Waals surface area contributed by atoms with Crippen LogP contribution in [0.2, 0.25) is 5.02 Å². The van der Waals surface area contributed by atoms with E-state index in [0.29, 0.717) is 42.8 Å². The summed E-state index contributed by atoms with van der Waals surface area (Å²) in [6.45, 7) is 2.52. The molecule has 0 radical (unpaired) electrons. The molecule has 6 nitrogen and oxygen atoms in total. The Morgan fingerprint density at radius 2 is 1.93 bits per heavy atom. The van der Waals surface area contributed by atoms with Crippen LogP contribution in [0, 0.1) is 0 Å². The molecule has 0 spiro atoms. The first-order valence-corrected chi connectivity index (χ1v) is 9.76. The molecule has 156 valence electrons. The molecule has 0 saturated carbocycles. The number of guanidine groups is 1. The number of ether oxygens (including phenoxy) is 1. The molecule has 1 amide bonds. The molecule has 2 aromatic rings. The minimum Gasteiger partial charge on any atom is -0.490 e. The van der Waals surface area contributed by atoms with E-state index >= 15 is 0 Å². The van der Waals surface area contributed by atoms with Gasteiger partial charge in [-0.1, -0.05) is 35.9 Å². The zero-order valence-electron chi connectivity index (χ0n) is 16.4. The summed E-state index contributed by atoms with van der Waals surface area (Å²) in [4.78, 5) is 17.9. The third kappa shape index (κ3) is 6.78. The smallest absolute Gasteiger partial charge is 0.227 e. The summed E-state index contributed by atoms with van der Waals surface area (Å²) in [7, 11) is 1.73. The Labute approximate surface area is 193 Å². The molecule has 2 aromatic carbocycles. The maximum atomic E-state index is 11.8. The molecule has 1 heterocycles. The van der Waals surface area contributed by atoms with Crippen LogP contribution in [0.4, 0.5) is 5.69 Å². The zero-order chi connectivity index (χ0) is 19.8. The second-order valence-electron chi connectivity index (χ2n) is 6.45. The van der Waals surface area contributed by atoms with Crippen molar-refractivity contribution in [2.75, 3.05) is 31.6 Å². The number of aliphatic imine (C=N–C) groups is 1. The van der Waals surface area contributed by atoms with Crippen molar-refractivity contribution in [3.63, 3.8) is 0 Å². The van der Waals surface area contributed by atoms with Crippen molar-refractivity contribution in [1.29, 1.82) is 0 Å². The van der Waals surface area contributed by atoms with E-state index in [-0.39, 0.29) is 29.9 Å². The molecule has 0 unspecified atom stereocenters. The van der Waals surface area contributed by atoms with Crippen molar-refractivity contribution < 1.29 is 9.53 Å². The minimum atomic E-state index is 0. The van der Waals surface area contributed by atoms with E-state index in [1.807, 2.05) is 47.4 Å². The van der Waals surface area contributed by atoms with Crippen molar-refractivity contribution in [1.82, 2.24) is 10.6 Å². The Morgan fingerprint density at radius 1 is 1.17 bits per heavy atom. The first-order valence-electron chi connectivity index (χ1n) is 9.38. The average Bonchev–Trinajstić information content (AvgIpc) is 3.15. The lowest BCUT2D eigenvalue weighted by Crippen LogP contribution is -2.38. The molecule has 3 rings (SSSR count). The van der Waals surface area contributed by atoms with Crippen molar-refractivity contribution in [2.24, 2.45) is 4.99 Å². The number of benzene rings is 2. The van der Waals surface area contributed by atoms with Gasteiger partial charge in [-0.15, -0.1) is 24.0 Å². The molecule has 1 aliphatic heterocycles. The van der Waals surface area contributed by atoms with Gasteiger partial charge in [0.05, 0.1) is 11.6 Å². The van der Waals surface area contributed by atoms with Gasteiger partial charge in [-0.25, -0.2) is 0 Å². The number of amides is 1. The number of carbonyl (C=O) groups excluding carboxylic acids is 1. The summed E-state index contributed by atoms with van der Waals surface area (Å²) in [5.41, 5.74) is 2.08. The highest BCUT2D eigenvalue weighted by Gasteiger charge is 2.21. The topological polar surface area (TPSA) is 66.0 Å². The average molecular weight is 529 g/mol. The number of carbonyl (C=O) groups is 1. The van der Waals surface area contributed by atoms with Crippen molar-refractivity contribution in [2.45, 2.75) is 19.4 Å². The summed E-state index contributed by atoms with van der Waals surface area (Å²) in [5, 5.41) is 7.08. The zero-order valence-corrected chi connectivity index (χ0v) is 19.4. The van der Waals surface area contributed by atoms with Gasteiger partial charge >= 0.3 is 0 Å². The maximum absolute atomic E-state index is 11.8. The van der Waals surface area contributed by atoms with Gasteiger partial charge in [0.1, 0.15) is 12.4 Å². The van der Waals surface area contributed by atoms with Crippen LogP contribution in [0.25, 0.3) is 0 Å². The third-order valence-corrected chi connectivity index (χ3v) is 4.81. The Morgan fingerprint density at radius 3 is 2.59 bits per heavy atom. The van der Waals surface area contributed by atoms with Gasteiger partial charge in [0, 0.05) is 32.2 Å². The first kappa shape index (κ1) is 23.3. The van der Waals surface area contributed by atoms with Gasteiger partial charge in [-0.2, -0.15) is 0 Å². The molecule has 8 heteroatoms. The van der Waals surface area contributed by atoms with Crippen LogP contribution in [0.5, 0.6) is 5.75 Å². The Kier molecular flexibility index (Phi) is 9.53. The number of nitrogens with one attached hydrogen (secondary N) is 2. The van der Waals surface area contributed by atoms with Crippen LogP contribution in [-0.2, 0) is 11.3 Å². The van der Waals surface area contributed by atoms with Crippen LogP contribution >= 0.6 is 35.6 Å². The van der Waals surface area contributed by atoms with Gasteiger partial charge in [-0.05, 0) is 36.2 Å². The van der Waals surface area contributed by atoms with Gasteiger partial charge in [0.15, 0.2) is 5.96 Å². The molecular formula is C21H26ClIN4O2. The Bertz CT molecular complexity index is 830. The quantitative estimate of drug-likeness (QED) is 0.248. The molecule has 0 aromatic heterocycles. The van der Waals surface area contributed by atoms with Gasteiger partial charge < -0.3 is 20.3 Å².